The molecule has 0 spiro atoms. The van der Waals surface area contributed by atoms with E-state index in [4.69, 9.17) is 5.73 Å². The molecule has 88 valence electrons. The molecule has 2 N–H and O–H groups in total. The summed E-state index contributed by atoms with van der Waals surface area (Å²) in [5, 5.41) is 0.733. The fraction of sp³-hybridized carbons (Fsp3) is 0.167. The van der Waals surface area contributed by atoms with Crippen molar-refractivity contribution in [1.82, 2.24) is 9.97 Å². The predicted molar refractivity (Wildman–Crippen MR) is 72.9 cm³/mol. The minimum absolute atomic E-state index is 0.0151. The molecule has 0 aliphatic rings. The lowest BCUT2D eigenvalue weighted by atomic mass is 10.1. The molecular weight excluding hydrogens is 298 g/mol. The maximum absolute atomic E-state index is 5.96. The number of benzene rings is 1. The number of hydrogen-bond acceptors (Lipinski definition) is 4. The summed E-state index contributed by atoms with van der Waals surface area (Å²) in [4.78, 5) is 9.48. The molecule has 1 unspecified atom stereocenters. The Morgan fingerprint density at radius 2 is 2.00 bits per heavy atom. The third kappa shape index (κ3) is 3.28. The maximum Gasteiger partial charge on any atom is 0.192 e. The van der Waals surface area contributed by atoms with Crippen molar-refractivity contribution in [3.8, 4) is 0 Å². The predicted octanol–water partition coefficient (Wildman–Crippen LogP) is 3.41. The Kier molecular flexibility index (Phi) is 4.15. The first-order valence-corrected chi connectivity index (χ1v) is 6.77. The van der Waals surface area contributed by atoms with Crippen LogP contribution in [0.4, 0.5) is 0 Å². The highest BCUT2D eigenvalue weighted by Crippen LogP contribution is 2.32. The molecule has 0 radical (unpaired) electrons. The van der Waals surface area contributed by atoms with Crippen molar-refractivity contribution in [3.63, 3.8) is 0 Å². The van der Waals surface area contributed by atoms with Crippen molar-refractivity contribution in [1.29, 1.82) is 0 Å². The summed E-state index contributed by atoms with van der Waals surface area (Å²) in [6.07, 6.45) is 3.47. The Morgan fingerprint density at radius 1 is 1.29 bits per heavy atom. The van der Waals surface area contributed by atoms with Crippen molar-refractivity contribution in [3.05, 3.63) is 46.7 Å². The van der Waals surface area contributed by atoms with Gasteiger partial charge in [-0.3, -0.25) is 0 Å². The zero-order valence-electron chi connectivity index (χ0n) is 9.30. The number of halogens is 1. The largest absolute Gasteiger partial charge is 0.324 e. The van der Waals surface area contributed by atoms with Crippen LogP contribution in [-0.2, 0) is 0 Å². The molecule has 1 heterocycles. The van der Waals surface area contributed by atoms with Crippen LogP contribution >= 0.6 is 27.7 Å². The molecule has 2 aromatic rings. The van der Waals surface area contributed by atoms with Crippen molar-refractivity contribution in [2.24, 2.45) is 5.73 Å². The molecule has 5 heteroatoms. The van der Waals surface area contributed by atoms with Crippen LogP contribution in [0, 0.1) is 0 Å². The van der Waals surface area contributed by atoms with Crippen LogP contribution in [0.25, 0.3) is 0 Å². The van der Waals surface area contributed by atoms with E-state index in [9.17, 15) is 0 Å². The summed E-state index contributed by atoms with van der Waals surface area (Å²) >= 11 is 4.98. The van der Waals surface area contributed by atoms with Crippen LogP contribution in [0.5, 0.6) is 0 Å². The van der Waals surface area contributed by atoms with Gasteiger partial charge in [0.15, 0.2) is 5.16 Å². The molecule has 1 aromatic carbocycles. The summed E-state index contributed by atoms with van der Waals surface area (Å²) in [6, 6.07) is 7.85. The van der Waals surface area contributed by atoms with Crippen LogP contribution in [0.1, 0.15) is 18.5 Å². The molecule has 0 fully saturated rings. The molecule has 1 atom stereocenters. The lowest BCUT2D eigenvalue weighted by Gasteiger charge is -2.11. The first kappa shape index (κ1) is 12.5. The van der Waals surface area contributed by atoms with Gasteiger partial charge in [0.05, 0.1) is 0 Å². The van der Waals surface area contributed by atoms with E-state index >= 15 is 0 Å². The van der Waals surface area contributed by atoms with E-state index in [0.717, 1.165) is 20.1 Å². The Hall–Kier alpha value is -0.910. The third-order valence-electron chi connectivity index (χ3n) is 2.21. The van der Waals surface area contributed by atoms with E-state index in [1.807, 2.05) is 25.1 Å². The van der Waals surface area contributed by atoms with Crippen LogP contribution in [-0.4, -0.2) is 9.97 Å². The fourth-order valence-electron chi connectivity index (χ4n) is 1.40. The average molecular weight is 310 g/mol. The Balaban J connectivity index is 2.33. The molecule has 0 saturated carbocycles. The number of hydrogen-bond donors (Lipinski definition) is 1. The third-order valence-corrected chi connectivity index (χ3v) is 3.68. The summed E-state index contributed by atoms with van der Waals surface area (Å²) in [7, 11) is 0. The van der Waals surface area contributed by atoms with Crippen LogP contribution < -0.4 is 5.73 Å². The van der Waals surface area contributed by atoms with Crippen LogP contribution in [0.15, 0.2) is 51.2 Å². The van der Waals surface area contributed by atoms with Crippen LogP contribution in [0.2, 0.25) is 0 Å². The Bertz CT molecular complexity index is 502. The van der Waals surface area contributed by atoms with E-state index in [2.05, 4.69) is 25.9 Å². The lowest BCUT2D eigenvalue weighted by Crippen LogP contribution is -2.06. The lowest BCUT2D eigenvalue weighted by molar-refractivity contribution is 0.795. The minimum atomic E-state index is -0.0151. The van der Waals surface area contributed by atoms with Gasteiger partial charge in [0, 0.05) is 27.8 Å². The van der Waals surface area contributed by atoms with Gasteiger partial charge < -0.3 is 5.73 Å². The van der Waals surface area contributed by atoms with Crippen molar-refractivity contribution in [2.75, 3.05) is 0 Å². The quantitative estimate of drug-likeness (QED) is 0.883. The van der Waals surface area contributed by atoms with E-state index in [0.29, 0.717) is 0 Å². The van der Waals surface area contributed by atoms with Crippen molar-refractivity contribution in [2.45, 2.75) is 23.0 Å². The monoisotopic (exact) mass is 309 g/mol. The molecular formula is C12H12BrN3S. The second-order valence-electron chi connectivity index (χ2n) is 3.60. The molecule has 1 aromatic heterocycles. The van der Waals surface area contributed by atoms with E-state index in [1.54, 1.807) is 18.5 Å². The van der Waals surface area contributed by atoms with Gasteiger partial charge >= 0.3 is 0 Å². The molecule has 0 aliphatic carbocycles. The topological polar surface area (TPSA) is 51.8 Å². The molecule has 0 bridgehead atoms. The van der Waals surface area contributed by atoms with Gasteiger partial charge in [-0.05, 0) is 48.5 Å². The normalized spacial score (nSPS) is 12.4. The molecule has 2 rings (SSSR count). The maximum atomic E-state index is 5.96. The number of nitrogens with zero attached hydrogens (tertiary/aromatic N) is 2. The SMILES string of the molecule is CC(N)c1cc(Br)ccc1Sc1ncccn1. The fourth-order valence-corrected chi connectivity index (χ4v) is 2.71. The van der Waals surface area contributed by atoms with E-state index in [1.165, 1.54) is 11.8 Å². The molecule has 0 aliphatic heterocycles. The van der Waals surface area contributed by atoms with Crippen molar-refractivity contribution < 1.29 is 0 Å². The van der Waals surface area contributed by atoms with Gasteiger partial charge in [0.2, 0.25) is 0 Å². The number of rotatable bonds is 3. The second kappa shape index (κ2) is 5.62. The zero-order chi connectivity index (χ0) is 12.3. The number of aromatic nitrogens is 2. The van der Waals surface area contributed by atoms with Crippen LogP contribution in [0.3, 0.4) is 0 Å². The van der Waals surface area contributed by atoms with Gasteiger partial charge in [0.25, 0.3) is 0 Å². The summed E-state index contributed by atoms with van der Waals surface area (Å²) in [5.41, 5.74) is 7.06. The Morgan fingerprint density at radius 3 is 2.65 bits per heavy atom. The van der Waals surface area contributed by atoms with E-state index < -0.39 is 0 Å². The first-order valence-electron chi connectivity index (χ1n) is 5.16. The van der Waals surface area contributed by atoms with Gasteiger partial charge in [-0.25, -0.2) is 9.97 Å². The van der Waals surface area contributed by atoms with Gasteiger partial charge in [-0.15, -0.1) is 0 Å². The molecule has 17 heavy (non-hydrogen) atoms. The van der Waals surface area contributed by atoms with Gasteiger partial charge in [0.1, 0.15) is 0 Å². The van der Waals surface area contributed by atoms with E-state index in [-0.39, 0.29) is 6.04 Å². The molecule has 3 nitrogen and oxygen atoms in total. The molecule has 0 saturated heterocycles. The minimum Gasteiger partial charge on any atom is -0.324 e. The molecule has 0 amide bonds. The van der Waals surface area contributed by atoms with Gasteiger partial charge in [-0.2, -0.15) is 0 Å². The highest BCUT2D eigenvalue weighted by atomic mass is 79.9. The Labute approximate surface area is 113 Å². The number of nitrogens with two attached hydrogens (primary N) is 1. The van der Waals surface area contributed by atoms with Crippen molar-refractivity contribution >= 4 is 27.7 Å². The second-order valence-corrected chi connectivity index (χ2v) is 5.53. The standard InChI is InChI=1S/C12H12BrN3S/c1-8(14)10-7-9(13)3-4-11(10)17-12-15-5-2-6-16-12/h2-8H,14H2,1H3. The highest BCUT2D eigenvalue weighted by molar-refractivity contribution is 9.10. The zero-order valence-corrected chi connectivity index (χ0v) is 11.7. The van der Waals surface area contributed by atoms with Gasteiger partial charge in [-0.1, -0.05) is 15.9 Å². The summed E-state index contributed by atoms with van der Waals surface area (Å²) < 4.78 is 1.03. The smallest absolute Gasteiger partial charge is 0.192 e. The highest BCUT2D eigenvalue weighted by Gasteiger charge is 2.10. The average Bonchev–Trinajstić information content (AvgIpc) is 2.32. The first-order chi connectivity index (χ1) is 8.16. The summed E-state index contributed by atoms with van der Waals surface area (Å²) in [5.74, 6) is 0. The summed E-state index contributed by atoms with van der Waals surface area (Å²) in [6.45, 7) is 1.97.